The van der Waals surface area contributed by atoms with Gasteiger partial charge in [0.15, 0.2) is 0 Å². The molecule has 194 valence electrons. The molecule has 0 unspecified atom stereocenters. The SMILES string of the molecule is NC(=O)C1(c2ccccc2CCc2nc(Cc3ccc(C4CCNCC4)cc3)ncc2C(F)(F)F)CC1. The van der Waals surface area contributed by atoms with Crippen LogP contribution in [0.3, 0.4) is 0 Å². The Labute approximate surface area is 214 Å². The summed E-state index contributed by atoms with van der Waals surface area (Å²) >= 11 is 0. The Kier molecular flexibility index (Phi) is 7.03. The highest BCUT2D eigenvalue weighted by Gasteiger charge is 2.50. The van der Waals surface area contributed by atoms with E-state index in [1.165, 1.54) is 5.56 Å². The standard InChI is InChI=1S/C29H31F3N4O/c30-29(31,32)24-18-35-26(17-19-5-7-20(8-6-19)21-11-15-34-16-12-21)36-25(24)10-9-22-3-1-2-4-23(22)28(13-14-28)27(33)37/h1-8,18,21,34H,9-17H2,(H2,33,37). The van der Waals surface area contributed by atoms with Crippen molar-refractivity contribution in [3.05, 3.63) is 94.1 Å². The number of piperidine rings is 1. The van der Waals surface area contributed by atoms with Crippen LogP contribution >= 0.6 is 0 Å². The molecule has 0 bridgehead atoms. The zero-order chi connectivity index (χ0) is 26.0. The number of alkyl halides is 3. The van der Waals surface area contributed by atoms with E-state index in [0.29, 0.717) is 37.4 Å². The highest BCUT2D eigenvalue weighted by atomic mass is 19.4. The van der Waals surface area contributed by atoms with E-state index < -0.39 is 17.2 Å². The summed E-state index contributed by atoms with van der Waals surface area (Å²) in [6, 6.07) is 15.6. The van der Waals surface area contributed by atoms with Crippen molar-refractivity contribution in [1.29, 1.82) is 0 Å². The smallest absolute Gasteiger partial charge is 0.369 e. The number of nitrogens with one attached hydrogen (secondary N) is 1. The van der Waals surface area contributed by atoms with E-state index in [-0.39, 0.29) is 18.0 Å². The van der Waals surface area contributed by atoms with Gasteiger partial charge in [-0.05, 0) is 79.8 Å². The summed E-state index contributed by atoms with van der Waals surface area (Å²) in [7, 11) is 0. The summed E-state index contributed by atoms with van der Waals surface area (Å²) in [4.78, 5) is 20.5. The molecule has 3 aromatic rings. The molecule has 1 saturated carbocycles. The van der Waals surface area contributed by atoms with Gasteiger partial charge in [-0.3, -0.25) is 4.79 Å². The Morgan fingerprint density at radius 1 is 1.03 bits per heavy atom. The number of halogens is 3. The molecule has 0 atom stereocenters. The zero-order valence-electron chi connectivity index (χ0n) is 20.7. The first kappa shape index (κ1) is 25.4. The molecule has 1 saturated heterocycles. The number of primary amides is 1. The van der Waals surface area contributed by atoms with Crippen LogP contribution in [0.25, 0.3) is 0 Å². The van der Waals surface area contributed by atoms with Crippen LogP contribution in [-0.2, 0) is 35.6 Å². The topological polar surface area (TPSA) is 80.9 Å². The molecule has 3 N–H and O–H groups in total. The van der Waals surface area contributed by atoms with Crippen LogP contribution in [0, 0.1) is 0 Å². The van der Waals surface area contributed by atoms with Crippen LogP contribution in [0.5, 0.6) is 0 Å². The van der Waals surface area contributed by atoms with Gasteiger partial charge in [0.25, 0.3) is 0 Å². The van der Waals surface area contributed by atoms with E-state index in [1.807, 2.05) is 36.4 Å². The fraction of sp³-hybridized carbons (Fsp3) is 0.414. The lowest BCUT2D eigenvalue weighted by Crippen LogP contribution is -2.29. The monoisotopic (exact) mass is 508 g/mol. The molecule has 1 aliphatic heterocycles. The van der Waals surface area contributed by atoms with E-state index in [9.17, 15) is 18.0 Å². The summed E-state index contributed by atoms with van der Waals surface area (Å²) < 4.78 is 41.4. The predicted molar refractivity (Wildman–Crippen MR) is 135 cm³/mol. The summed E-state index contributed by atoms with van der Waals surface area (Å²) in [5.74, 6) is 0.518. The maximum absolute atomic E-state index is 13.8. The Morgan fingerprint density at radius 3 is 2.38 bits per heavy atom. The van der Waals surface area contributed by atoms with Crippen molar-refractivity contribution < 1.29 is 18.0 Å². The second kappa shape index (κ2) is 10.2. The van der Waals surface area contributed by atoms with E-state index in [1.54, 1.807) is 0 Å². The molecule has 2 aliphatic rings. The number of hydrogen-bond donors (Lipinski definition) is 2. The van der Waals surface area contributed by atoms with Gasteiger partial charge in [0.05, 0.1) is 16.7 Å². The molecular weight excluding hydrogens is 477 g/mol. The molecule has 1 aromatic heterocycles. The van der Waals surface area contributed by atoms with Crippen LogP contribution in [0.1, 0.15) is 70.9 Å². The molecule has 1 aliphatic carbocycles. The molecule has 1 amide bonds. The number of nitrogens with two attached hydrogens (primary N) is 1. The van der Waals surface area contributed by atoms with Gasteiger partial charge in [0.1, 0.15) is 5.82 Å². The molecule has 2 aromatic carbocycles. The van der Waals surface area contributed by atoms with Gasteiger partial charge in [-0.1, -0.05) is 48.5 Å². The van der Waals surface area contributed by atoms with Crippen molar-refractivity contribution in [1.82, 2.24) is 15.3 Å². The quantitative estimate of drug-likeness (QED) is 0.456. The second-order valence-corrected chi connectivity index (χ2v) is 10.2. The van der Waals surface area contributed by atoms with Gasteiger partial charge in [-0.15, -0.1) is 0 Å². The van der Waals surface area contributed by atoms with E-state index in [4.69, 9.17) is 5.73 Å². The van der Waals surface area contributed by atoms with Crippen molar-refractivity contribution in [2.24, 2.45) is 5.73 Å². The molecular formula is C29H31F3N4O. The van der Waals surface area contributed by atoms with Crippen molar-refractivity contribution in [3.63, 3.8) is 0 Å². The second-order valence-electron chi connectivity index (χ2n) is 10.2. The molecule has 2 fully saturated rings. The zero-order valence-corrected chi connectivity index (χ0v) is 20.7. The number of carbonyl (C=O) groups is 1. The summed E-state index contributed by atoms with van der Waals surface area (Å²) in [5, 5.41) is 3.37. The Morgan fingerprint density at radius 2 is 1.73 bits per heavy atom. The molecule has 0 radical (unpaired) electrons. The Hall–Kier alpha value is -3.26. The van der Waals surface area contributed by atoms with Crippen LogP contribution in [0.15, 0.2) is 54.7 Å². The third kappa shape index (κ3) is 5.54. The minimum atomic E-state index is -4.55. The van der Waals surface area contributed by atoms with E-state index >= 15 is 0 Å². The average Bonchev–Trinajstić information content (AvgIpc) is 3.70. The van der Waals surface area contributed by atoms with Crippen LogP contribution in [0.4, 0.5) is 13.2 Å². The summed E-state index contributed by atoms with van der Waals surface area (Å²) in [6.45, 7) is 2.03. The number of carbonyl (C=O) groups excluding carboxylic acids is 1. The predicted octanol–water partition coefficient (Wildman–Crippen LogP) is 4.86. The van der Waals surface area contributed by atoms with Crippen molar-refractivity contribution in [2.75, 3.05) is 13.1 Å². The summed E-state index contributed by atoms with van der Waals surface area (Å²) in [5.41, 5.74) is 8.03. The summed E-state index contributed by atoms with van der Waals surface area (Å²) in [6.07, 6.45) is 0.679. The molecule has 8 heteroatoms. The van der Waals surface area contributed by atoms with Gasteiger partial charge < -0.3 is 11.1 Å². The molecule has 5 nitrogen and oxygen atoms in total. The van der Waals surface area contributed by atoms with Crippen LogP contribution in [-0.4, -0.2) is 29.0 Å². The molecule has 37 heavy (non-hydrogen) atoms. The Balaban J connectivity index is 1.35. The van der Waals surface area contributed by atoms with Gasteiger partial charge in [0.2, 0.25) is 5.91 Å². The van der Waals surface area contributed by atoms with Crippen molar-refractivity contribution >= 4 is 5.91 Å². The number of aromatic nitrogens is 2. The van der Waals surface area contributed by atoms with Crippen molar-refractivity contribution in [3.8, 4) is 0 Å². The highest BCUT2D eigenvalue weighted by molar-refractivity contribution is 5.90. The third-order valence-electron chi connectivity index (χ3n) is 7.76. The highest BCUT2D eigenvalue weighted by Crippen LogP contribution is 2.49. The van der Waals surface area contributed by atoms with Gasteiger partial charge in [0, 0.05) is 12.6 Å². The first-order valence-electron chi connectivity index (χ1n) is 12.9. The van der Waals surface area contributed by atoms with Crippen molar-refractivity contribution in [2.45, 2.75) is 62.5 Å². The van der Waals surface area contributed by atoms with Gasteiger partial charge in [-0.25, -0.2) is 9.97 Å². The van der Waals surface area contributed by atoms with Crippen LogP contribution in [0.2, 0.25) is 0 Å². The van der Waals surface area contributed by atoms with Crippen LogP contribution < -0.4 is 11.1 Å². The Bertz CT molecular complexity index is 1260. The lowest BCUT2D eigenvalue weighted by atomic mass is 9.88. The number of nitrogens with zero attached hydrogens (tertiary/aromatic N) is 2. The molecule has 0 spiro atoms. The van der Waals surface area contributed by atoms with Gasteiger partial charge >= 0.3 is 6.18 Å². The number of rotatable bonds is 8. The van der Waals surface area contributed by atoms with E-state index in [2.05, 4.69) is 27.4 Å². The minimum absolute atomic E-state index is 0.0254. The molecule has 2 heterocycles. The largest absolute Gasteiger partial charge is 0.419 e. The lowest BCUT2D eigenvalue weighted by molar-refractivity contribution is -0.138. The number of aryl methyl sites for hydroxylation is 2. The lowest BCUT2D eigenvalue weighted by Gasteiger charge is -2.23. The van der Waals surface area contributed by atoms with Gasteiger partial charge in [-0.2, -0.15) is 13.2 Å². The average molecular weight is 509 g/mol. The number of hydrogen-bond acceptors (Lipinski definition) is 4. The number of amides is 1. The third-order valence-corrected chi connectivity index (χ3v) is 7.76. The maximum atomic E-state index is 13.8. The fourth-order valence-electron chi connectivity index (χ4n) is 5.45. The molecule has 5 rings (SSSR count). The normalized spacial score (nSPS) is 17.5. The first-order chi connectivity index (χ1) is 17.8. The fourth-order valence-corrected chi connectivity index (χ4v) is 5.45. The minimum Gasteiger partial charge on any atom is -0.369 e. The maximum Gasteiger partial charge on any atom is 0.419 e. The first-order valence-corrected chi connectivity index (χ1v) is 12.9. The number of benzene rings is 2. The van der Waals surface area contributed by atoms with E-state index in [0.717, 1.165) is 48.8 Å².